The Morgan fingerprint density at radius 3 is 2.81 bits per heavy atom. The number of nitrogens with one attached hydrogen (secondary N) is 1. The normalized spacial score (nSPS) is 10.4. The zero-order valence-corrected chi connectivity index (χ0v) is 14.5. The van der Waals surface area contributed by atoms with E-state index in [1.807, 2.05) is 0 Å². The van der Waals surface area contributed by atoms with E-state index in [1.54, 1.807) is 24.3 Å². The van der Waals surface area contributed by atoms with Crippen molar-refractivity contribution in [2.75, 3.05) is 5.32 Å². The van der Waals surface area contributed by atoms with Gasteiger partial charge in [0.1, 0.15) is 11.5 Å². The van der Waals surface area contributed by atoms with Crippen LogP contribution in [0.5, 0.6) is 11.5 Å². The predicted molar refractivity (Wildman–Crippen MR) is 97.0 cm³/mol. The van der Waals surface area contributed by atoms with E-state index in [0.29, 0.717) is 10.8 Å². The first-order valence-electron chi connectivity index (χ1n) is 7.63. The molecule has 0 saturated heterocycles. The van der Waals surface area contributed by atoms with Gasteiger partial charge in [-0.2, -0.15) is 5.10 Å². The maximum absolute atomic E-state index is 12.3. The largest absolute Gasteiger partial charge is 0.506 e. The van der Waals surface area contributed by atoms with Crippen molar-refractivity contribution >= 4 is 28.9 Å². The van der Waals surface area contributed by atoms with Crippen molar-refractivity contribution in [3.8, 4) is 11.5 Å². The molecule has 0 spiro atoms. The van der Waals surface area contributed by atoms with E-state index in [4.69, 9.17) is 16.3 Å². The minimum Gasteiger partial charge on any atom is -0.506 e. The van der Waals surface area contributed by atoms with Crippen molar-refractivity contribution in [2.24, 2.45) is 0 Å². The summed E-state index contributed by atoms with van der Waals surface area (Å²) in [6.45, 7) is 0.0269. The molecular formula is C17H13ClN4O5. The van der Waals surface area contributed by atoms with Crippen molar-refractivity contribution < 1.29 is 19.6 Å². The number of aromatic nitrogens is 2. The average Bonchev–Trinajstić information content (AvgIpc) is 3.12. The van der Waals surface area contributed by atoms with Gasteiger partial charge in [-0.05, 0) is 24.3 Å². The summed E-state index contributed by atoms with van der Waals surface area (Å²) in [7, 11) is 0. The molecule has 138 valence electrons. The minimum absolute atomic E-state index is 0.0269. The Morgan fingerprint density at radius 2 is 2.07 bits per heavy atom. The summed E-state index contributed by atoms with van der Waals surface area (Å²) in [5.41, 5.74) is -0.304. The molecule has 0 atom stereocenters. The molecule has 0 aliphatic carbocycles. The lowest BCUT2D eigenvalue weighted by Gasteiger charge is -2.07. The number of benzene rings is 2. The number of aromatic hydroxyl groups is 1. The Hall–Kier alpha value is -3.59. The number of hydrogen-bond acceptors (Lipinski definition) is 6. The number of carbonyl (C=O) groups is 1. The van der Waals surface area contributed by atoms with E-state index in [1.165, 1.54) is 16.9 Å². The number of amides is 1. The fraction of sp³-hybridized carbons (Fsp3) is 0.0588. The molecule has 1 heterocycles. The monoisotopic (exact) mass is 388 g/mol. The molecule has 0 aliphatic rings. The Balaban J connectivity index is 1.67. The first kappa shape index (κ1) is 18.2. The number of halogens is 1. The number of carbonyl (C=O) groups excluding carboxylic acids is 1. The predicted octanol–water partition coefficient (Wildman–Crippen LogP) is 3.44. The SMILES string of the molecule is O=C(Nc1cc([N+](=O)[O-])ccc1O)c1ccn(COc2ccccc2Cl)n1. The van der Waals surface area contributed by atoms with Gasteiger partial charge in [-0.1, -0.05) is 23.7 Å². The van der Waals surface area contributed by atoms with Crippen LogP contribution in [0.4, 0.5) is 11.4 Å². The highest BCUT2D eigenvalue weighted by Gasteiger charge is 2.15. The van der Waals surface area contributed by atoms with Gasteiger partial charge in [0.05, 0.1) is 15.6 Å². The number of phenols is 1. The molecule has 3 aromatic rings. The van der Waals surface area contributed by atoms with E-state index in [9.17, 15) is 20.0 Å². The third-order valence-electron chi connectivity index (χ3n) is 3.50. The molecule has 1 aromatic heterocycles. The Morgan fingerprint density at radius 1 is 1.30 bits per heavy atom. The van der Waals surface area contributed by atoms with Crippen LogP contribution in [0.3, 0.4) is 0 Å². The number of nitro benzene ring substituents is 1. The molecular weight excluding hydrogens is 376 g/mol. The quantitative estimate of drug-likeness (QED) is 0.379. The van der Waals surface area contributed by atoms with E-state index in [2.05, 4.69) is 10.4 Å². The summed E-state index contributed by atoms with van der Waals surface area (Å²) in [5.74, 6) is -0.458. The second kappa shape index (κ2) is 7.75. The van der Waals surface area contributed by atoms with Gasteiger partial charge >= 0.3 is 0 Å². The Kier molecular flexibility index (Phi) is 5.23. The summed E-state index contributed by atoms with van der Waals surface area (Å²) in [6, 6.07) is 11.7. The van der Waals surface area contributed by atoms with Crippen LogP contribution < -0.4 is 10.1 Å². The number of hydrogen-bond donors (Lipinski definition) is 2. The summed E-state index contributed by atoms with van der Waals surface area (Å²) < 4.78 is 6.90. The number of nitrogens with zero attached hydrogens (tertiary/aromatic N) is 3. The number of anilines is 1. The molecule has 2 N–H and O–H groups in total. The lowest BCUT2D eigenvalue weighted by molar-refractivity contribution is -0.384. The standard InChI is InChI=1S/C17H13ClN4O5/c18-12-3-1-2-4-16(12)27-10-21-8-7-13(20-21)17(24)19-14-9-11(22(25)26)5-6-15(14)23/h1-9,23H,10H2,(H,19,24). The van der Waals surface area contributed by atoms with Gasteiger partial charge in [0.25, 0.3) is 11.6 Å². The summed E-state index contributed by atoms with van der Waals surface area (Å²) in [4.78, 5) is 22.4. The summed E-state index contributed by atoms with van der Waals surface area (Å²) >= 11 is 6.00. The highest BCUT2D eigenvalue weighted by molar-refractivity contribution is 6.32. The van der Waals surface area contributed by atoms with Gasteiger partial charge in [-0.15, -0.1) is 0 Å². The van der Waals surface area contributed by atoms with Gasteiger partial charge in [0.2, 0.25) is 0 Å². The fourth-order valence-corrected chi connectivity index (χ4v) is 2.37. The molecule has 0 aliphatic heterocycles. The van der Waals surface area contributed by atoms with Crippen LogP contribution in [0.1, 0.15) is 10.5 Å². The Bertz CT molecular complexity index is 1000. The lowest BCUT2D eigenvalue weighted by atomic mass is 10.2. The molecule has 0 radical (unpaired) electrons. The highest BCUT2D eigenvalue weighted by Crippen LogP contribution is 2.28. The molecule has 0 fully saturated rings. The maximum atomic E-state index is 12.3. The number of rotatable bonds is 6. The molecule has 3 rings (SSSR count). The van der Waals surface area contributed by atoms with Crippen LogP contribution in [0, 0.1) is 10.1 Å². The van der Waals surface area contributed by atoms with E-state index < -0.39 is 10.8 Å². The minimum atomic E-state index is -0.637. The molecule has 27 heavy (non-hydrogen) atoms. The van der Waals surface area contributed by atoms with Gasteiger partial charge in [-0.25, -0.2) is 4.68 Å². The smallest absolute Gasteiger partial charge is 0.276 e. The molecule has 0 bridgehead atoms. The molecule has 0 unspecified atom stereocenters. The van der Waals surface area contributed by atoms with Crippen LogP contribution in [0.2, 0.25) is 5.02 Å². The topological polar surface area (TPSA) is 120 Å². The second-order valence-corrected chi connectivity index (χ2v) is 5.76. The number of para-hydroxylation sites is 1. The van der Waals surface area contributed by atoms with Crippen molar-refractivity contribution in [2.45, 2.75) is 6.73 Å². The van der Waals surface area contributed by atoms with Gasteiger partial charge < -0.3 is 15.2 Å². The van der Waals surface area contributed by atoms with Gasteiger partial charge in [0.15, 0.2) is 12.4 Å². The number of non-ortho nitro benzene ring substituents is 1. The molecule has 0 saturated carbocycles. The average molecular weight is 389 g/mol. The van der Waals surface area contributed by atoms with Crippen LogP contribution >= 0.6 is 11.6 Å². The zero-order chi connectivity index (χ0) is 19.4. The van der Waals surface area contributed by atoms with Crippen LogP contribution in [0.15, 0.2) is 54.7 Å². The number of phenolic OH excluding ortho intramolecular Hbond substituents is 1. The maximum Gasteiger partial charge on any atom is 0.276 e. The van der Waals surface area contributed by atoms with Crippen LogP contribution in [0.25, 0.3) is 0 Å². The van der Waals surface area contributed by atoms with E-state index in [-0.39, 0.29) is 29.5 Å². The van der Waals surface area contributed by atoms with Crippen molar-refractivity contribution in [3.63, 3.8) is 0 Å². The van der Waals surface area contributed by atoms with Crippen LogP contribution in [-0.2, 0) is 6.73 Å². The van der Waals surface area contributed by atoms with Gasteiger partial charge in [-0.3, -0.25) is 14.9 Å². The van der Waals surface area contributed by atoms with Crippen LogP contribution in [-0.4, -0.2) is 25.7 Å². The first-order chi connectivity index (χ1) is 12.9. The highest BCUT2D eigenvalue weighted by atomic mass is 35.5. The first-order valence-corrected chi connectivity index (χ1v) is 8.01. The molecule has 1 amide bonds. The van der Waals surface area contributed by atoms with E-state index >= 15 is 0 Å². The second-order valence-electron chi connectivity index (χ2n) is 5.36. The summed E-state index contributed by atoms with van der Waals surface area (Å²) in [5, 5.41) is 27.5. The number of ether oxygens (including phenoxy) is 1. The number of nitro groups is 1. The van der Waals surface area contributed by atoms with Crippen molar-refractivity contribution in [1.29, 1.82) is 0 Å². The lowest BCUT2D eigenvalue weighted by Crippen LogP contribution is -2.14. The Labute approximate surface area is 157 Å². The van der Waals surface area contributed by atoms with Crippen molar-refractivity contribution in [1.82, 2.24) is 9.78 Å². The summed E-state index contributed by atoms with van der Waals surface area (Å²) in [6.07, 6.45) is 1.53. The molecule has 2 aromatic carbocycles. The molecule has 9 nitrogen and oxygen atoms in total. The van der Waals surface area contributed by atoms with E-state index in [0.717, 1.165) is 18.2 Å². The molecule has 10 heteroatoms. The van der Waals surface area contributed by atoms with Gasteiger partial charge in [0, 0.05) is 18.3 Å². The van der Waals surface area contributed by atoms with Crippen molar-refractivity contribution in [3.05, 3.63) is 75.6 Å². The fourth-order valence-electron chi connectivity index (χ4n) is 2.18. The zero-order valence-electron chi connectivity index (χ0n) is 13.7. The third-order valence-corrected chi connectivity index (χ3v) is 3.81. The third kappa shape index (κ3) is 4.33.